The van der Waals surface area contributed by atoms with E-state index in [0.717, 1.165) is 43.1 Å². The summed E-state index contributed by atoms with van der Waals surface area (Å²) in [5.41, 5.74) is 1.86. The van der Waals surface area contributed by atoms with Gasteiger partial charge < -0.3 is 20.4 Å². The number of guanidine groups is 1. The van der Waals surface area contributed by atoms with Gasteiger partial charge in [-0.05, 0) is 45.0 Å². The summed E-state index contributed by atoms with van der Waals surface area (Å²) in [4.78, 5) is 20.1. The summed E-state index contributed by atoms with van der Waals surface area (Å²) in [7, 11) is 7.42. The molecule has 148 valence electrons. The molecule has 0 aliphatic carbocycles. The molecule has 0 bridgehead atoms. The molecule has 1 amide bonds. The van der Waals surface area contributed by atoms with Gasteiger partial charge >= 0.3 is 0 Å². The average molecular weight is 475 g/mol. The lowest BCUT2D eigenvalue weighted by Crippen LogP contribution is -2.42. The molecule has 26 heavy (non-hydrogen) atoms. The highest BCUT2D eigenvalue weighted by atomic mass is 127. The molecule has 0 saturated heterocycles. The quantitative estimate of drug-likeness (QED) is 0.344. The van der Waals surface area contributed by atoms with Crippen LogP contribution in [0.4, 0.5) is 0 Å². The second kappa shape index (κ2) is 12.9. The van der Waals surface area contributed by atoms with Crippen LogP contribution in [-0.4, -0.2) is 75.5 Å². The molecule has 6 nitrogen and oxygen atoms in total. The number of nitrogens with one attached hydrogen (secondary N) is 2. The van der Waals surface area contributed by atoms with Crippen LogP contribution in [0.1, 0.15) is 29.8 Å². The fourth-order valence-corrected chi connectivity index (χ4v) is 2.27. The molecule has 7 heteroatoms. The van der Waals surface area contributed by atoms with Gasteiger partial charge in [-0.3, -0.25) is 9.79 Å². The highest BCUT2D eigenvalue weighted by Gasteiger charge is 2.08. The first-order chi connectivity index (χ1) is 11.8. The lowest BCUT2D eigenvalue weighted by atomic mass is 10.1. The van der Waals surface area contributed by atoms with Gasteiger partial charge in [-0.15, -0.1) is 24.0 Å². The number of carbonyl (C=O) groups is 1. The van der Waals surface area contributed by atoms with Gasteiger partial charge in [0.15, 0.2) is 5.96 Å². The SMILES string of the molecule is CN=C(NCCc1cccc(C(=O)N(C)C)c1)NCCN(C)C(C)C.I. The van der Waals surface area contributed by atoms with Crippen LogP contribution in [0.3, 0.4) is 0 Å². The minimum atomic E-state index is 0. The van der Waals surface area contributed by atoms with E-state index in [0.29, 0.717) is 6.04 Å². The Labute approximate surface area is 175 Å². The molecule has 0 spiro atoms. The lowest BCUT2D eigenvalue weighted by molar-refractivity contribution is 0.0827. The third kappa shape index (κ3) is 8.84. The van der Waals surface area contributed by atoms with Crippen molar-refractivity contribution in [3.63, 3.8) is 0 Å². The predicted molar refractivity (Wildman–Crippen MR) is 121 cm³/mol. The summed E-state index contributed by atoms with van der Waals surface area (Å²) >= 11 is 0. The summed E-state index contributed by atoms with van der Waals surface area (Å²) in [6.07, 6.45) is 0.834. The lowest BCUT2D eigenvalue weighted by Gasteiger charge is -2.21. The maximum absolute atomic E-state index is 12.0. The van der Waals surface area contributed by atoms with E-state index in [9.17, 15) is 4.79 Å². The van der Waals surface area contributed by atoms with E-state index in [4.69, 9.17) is 0 Å². The first-order valence-corrected chi connectivity index (χ1v) is 8.80. The summed E-state index contributed by atoms with van der Waals surface area (Å²) in [6, 6.07) is 8.32. The normalized spacial score (nSPS) is 11.3. The van der Waals surface area contributed by atoms with Crippen molar-refractivity contribution < 1.29 is 4.79 Å². The molecule has 1 aromatic rings. The van der Waals surface area contributed by atoms with Crippen molar-refractivity contribution in [3.05, 3.63) is 35.4 Å². The maximum atomic E-state index is 12.0. The van der Waals surface area contributed by atoms with Crippen molar-refractivity contribution in [2.45, 2.75) is 26.3 Å². The average Bonchev–Trinajstić information content (AvgIpc) is 2.59. The van der Waals surface area contributed by atoms with E-state index in [-0.39, 0.29) is 29.9 Å². The Balaban J connectivity index is 0.00000625. The fraction of sp³-hybridized carbons (Fsp3) is 0.579. The first-order valence-electron chi connectivity index (χ1n) is 8.80. The molecule has 0 radical (unpaired) electrons. The molecule has 0 atom stereocenters. The number of carbonyl (C=O) groups excluding carboxylic acids is 1. The molecule has 0 fully saturated rings. The van der Waals surface area contributed by atoms with Gasteiger partial charge in [0.2, 0.25) is 0 Å². The van der Waals surface area contributed by atoms with E-state index >= 15 is 0 Å². The summed E-state index contributed by atoms with van der Waals surface area (Å²) in [5.74, 6) is 0.833. The number of likely N-dealkylation sites (N-methyl/N-ethyl adjacent to an activating group) is 1. The zero-order valence-electron chi connectivity index (χ0n) is 16.9. The summed E-state index contributed by atoms with van der Waals surface area (Å²) in [5, 5.41) is 6.64. The fourth-order valence-electron chi connectivity index (χ4n) is 2.27. The molecule has 2 N–H and O–H groups in total. The van der Waals surface area contributed by atoms with Crippen molar-refractivity contribution in [1.29, 1.82) is 0 Å². The molecular formula is C19H34IN5O. The zero-order valence-corrected chi connectivity index (χ0v) is 19.2. The van der Waals surface area contributed by atoms with E-state index in [1.807, 2.05) is 24.3 Å². The maximum Gasteiger partial charge on any atom is 0.253 e. The number of nitrogens with zero attached hydrogens (tertiary/aromatic N) is 3. The molecule has 0 aromatic heterocycles. The number of rotatable bonds is 8. The minimum absolute atomic E-state index is 0. The second-order valence-corrected chi connectivity index (χ2v) is 6.65. The smallest absolute Gasteiger partial charge is 0.253 e. The Kier molecular flexibility index (Phi) is 12.2. The molecule has 0 heterocycles. The van der Waals surface area contributed by atoms with Crippen LogP contribution >= 0.6 is 24.0 Å². The van der Waals surface area contributed by atoms with Crippen LogP contribution in [0.15, 0.2) is 29.3 Å². The van der Waals surface area contributed by atoms with E-state index < -0.39 is 0 Å². The van der Waals surface area contributed by atoms with Gasteiger partial charge in [0, 0.05) is 52.4 Å². The van der Waals surface area contributed by atoms with Crippen LogP contribution in [0.2, 0.25) is 0 Å². The molecular weight excluding hydrogens is 441 g/mol. The topological polar surface area (TPSA) is 60.0 Å². The van der Waals surface area contributed by atoms with Crippen LogP contribution in [0.25, 0.3) is 0 Å². The van der Waals surface area contributed by atoms with Gasteiger partial charge in [-0.2, -0.15) is 0 Å². The first kappa shape index (κ1) is 24.7. The standard InChI is InChI=1S/C19H33N5O.HI/c1-15(2)24(6)13-12-22-19(20-3)21-11-10-16-8-7-9-17(14-16)18(25)23(4)5;/h7-9,14-15H,10-13H2,1-6H3,(H2,20,21,22);1H. The Morgan fingerprint density at radius 3 is 2.38 bits per heavy atom. The number of aliphatic imine (C=N–C) groups is 1. The molecule has 0 aliphatic heterocycles. The Morgan fingerprint density at radius 2 is 1.81 bits per heavy atom. The van der Waals surface area contributed by atoms with Crippen molar-refractivity contribution in [2.24, 2.45) is 4.99 Å². The molecule has 1 aromatic carbocycles. The van der Waals surface area contributed by atoms with Crippen LogP contribution < -0.4 is 10.6 Å². The number of hydrogen-bond donors (Lipinski definition) is 2. The Bertz CT molecular complexity index is 575. The minimum Gasteiger partial charge on any atom is -0.356 e. The van der Waals surface area contributed by atoms with Crippen molar-refractivity contribution in [3.8, 4) is 0 Å². The molecule has 0 saturated carbocycles. The number of amides is 1. The molecule has 0 unspecified atom stereocenters. The second-order valence-electron chi connectivity index (χ2n) is 6.65. The summed E-state index contributed by atoms with van der Waals surface area (Å²) in [6.45, 7) is 6.94. The Morgan fingerprint density at radius 1 is 1.15 bits per heavy atom. The molecule has 1 rings (SSSR count). The molecule has 0 aliphatic rings. The largest absolute Gasteiger partial charge is 0.356 e. The highest BCUT2D eigenvalue weighted by molar-refractivity contribution is 14.0. The van der Waals surface area contributed by atoms with Gasteiger partial charge in [0.05, 0.1) is 0 Å². The number of hydrogen-bond acceptors (Lipinski definition) is 3. The van der Waals surface area contributed by atoms with Crippen LogP contribution in [0, 0.1) is 0 Å². The summed E-state index contributed by atoms with van der Waals surface area (Å²) < 4.78 is 0. The monoisotopic (exact) mass is 475 g/mol. The zero-order chi connectivity index (χ0) is 18.8. The van der Waals surface area contributed by atoms with Crippen molar-refractivity contribution in [1.82, 2.24) is 20.4 Å². The van der Waals surface area contributed by atoms with E-state index in [2.05, 4.69) is 41.4 Å². The third-order valence-electron chi connectivity index (χ3n) is 4.15. The van der Waals surface area contributed by atoms with Crippen molar-refractivity contribution >= 4 is 35.8 Å². The Hall–Kier alpha value is -1.35. The van der Waals surface area contributed by atoms with Gasteiger partial charge in [-0.25, -0.2) is 0 Å². The van der Waals surface area contributed by atoms with E-state index in [1.54, 1.807) is 26.0 Å². The van der Waals surface area contributed by atoms with Gasteiger partial charge in [-0.1, -0.05) is 12.1 Å². The number of benzene rings is 1. The van der Waals surface area contributed by atoms with Gasteiger partial charge in [0.25, 0.3) is 5.91 Å². The van der Waals surface area contributed by atoms with Crippen LogP contribution in [-0.2, 0) is 6.42 Å². The highest BCUT2D eigenvalue weighted by Crippen LogP contribution is 2.07. The van der Waals surface area contributed by atoms with E-state index in [1.165, 1.54) is 0 Å². The van der Waals surface area contributed by atoms with Crippen LogP contribution in [0.5, 0.6) is 0 Å². The van der Waals surface area contributed by atoms with Gasteiger partial charge in [0.1, 0.15) is 0 Å². The third-order valence-corrected chi connectivity index (χ3v) is 4.15. The predicted octanol–water partition coefficient (Wildman–Crippen LogP) is 2.05. The number of halogens is 1. The van der Waals surface area contributed by atoms with Crippen molar-refractivity contribution in [2.75, 3.05) is 47.8 Å².